The summed E-state index contributed by atoms with van der Waals surface area (Å²) in [7, 11) is 2.64. The first-order valence-electron chi connectivity index (χ1n) is 5.23. The van der Waals surface area contributed by atoms with E-state index in [1.165, 1.54) is 19.2 Å². The quantitative estimate of drug-likeness (QED) is 0.805. The largest absolute Gasteiger partial charge is 0.487 e. The molecule has 1 aromatic carbocycles. The van der Waals surface area contributed by atoms with E-state index in [4.69, 9.17) is 25.3 Å². The fraction of sp³-hybridized carbons (Fsp3) is 0.364. The van der Waals surface area contributed by atoms with Gasteiger partial charge < -0.3 is 14.6 Å². The van der Waals surface area contributed by atoms with Gasteiger partial charge in [0, 0.05) is 17.8 Å². The molecule has 8 heteroatoms. The van der Waals surface area contributed by atoms with Gasteiger partial charge in [-0.3, -0.25) is 0 Å². The predicted molar refractivity (Wildman–Crippen MR) is 68.4 cm³/mol. The molecular weight excluding hydrogens is 296 g/mol. The summed E-state index contributed by atoms with van der Waals surface area (Å²) < 4.78 is 33.1. The minimum absolute atomic E-state index is 0.00968. The molecule has 0 bridgehead atoms. The number of carboxylic acids is 1. The van der Waals surface area contributed by atoms with E-state index in [2.05, 4.69) is 0 Å². The SMILES string of the molecule is COCC(C)Oc1ccc(C(=O)O)cc1S(=O)(=O)Cl. The van der Waals surface area contributed by atoms with E-state index < -0.39 is 21.1 Å². The van der Waals surface area contributed by atoms with Gasteiger partial charge in [0.2, 0.25) is 0 Å². The first kappa shape index (κ1) is 15.7. The number of carboxylic acid groups (broad SMARTS) is 1. The Bertz CT molecular complexity index is 569. The van der Waals surface area contributed by atoms with E-state index in [0.717, 1.165) is 6.07 Å². The van der Waals surface area contributed by atoms with Gasteiger partial charge >= 0.3 is 5.97 Å². The molecule has 0 saturated heterocycles. The molecular formula is C11H13ClO6S. The monoisotopic (exact) mass is 308 g/mol. The van der Waals surface area contributed by atoms with E-state index in [1.54, 1.807) is 6.92 Å². The molecule has 0 aliphatic heterocycles. The normalized spacial score (nSPS) is 13.0. The highest BCUT2D eigenvalue weighted by Crippen LogP contribution is 2.29. The number of halogens is 1. The van der Waals surface area contributed by atoms with Gasteiger partial charge in [0.25, 0.3) is 9.05 Å². The minimum atomic E-state index is -4.11. The van der Waals surface area contributed by atoms with Gasteiger partial charge in [-0.15, -0.1) is 0 Å². The highest BCUT2D eigenvalue weighted by Gasteiger charge is 2.21. The fourth-order valence-electron chi connectivity index (χ4n) is 1.41. The van der Waals surface area contributed by atoms with Crippen LogP contribution in [-0.2, 0) is 13.8 Å². The molecule has 1 rings (SSSR count). The van der Waals surface area contributed by atoms with Crippen molar-refractivity contribution in [1.29, 1.82) is 0 Å². The van der Waals surface area contributed by atoms with Crippen molar-refractivity contribution in [2.75, 3.05) is 13.7 Å². The Morgan fingerprint density at radius 1 is 1.47 bits per heavy atom. The maximum atomic E-state index is 11.4. The van der Waals surface area contributed by atoms with Crippen molar-refractivity contribution in [3.8, 4) is 5.75 Å². The summed E-state index contributed by atoms with van der Waals surface area (Å²) in [5.74, 6) is -1.26. The number of methoxy groups -OCH3 is 1. The summed E-state index contributed by atoms with van der Waals surface area (Å²) in [5, 5.41) is 8.83. The van der Waals surface area contributed by atoms with Crippen LogP contribution in [0.2, 0.25) is 0 Å². The second kappa shape index (κ2) is 6.23. The van der Waals surface area contributed by atoms with Crippen LogP contribution in [-0.4, -0.2) is 39.3 Å². The van der Waals surface area contributed by atoms with Crippen molar-refractivity contribution in [2.45, 2.75) is 17.9 Å². The average molecular weight is 309 g/mol. The van der Waals surface area contributed by atoms with Gasteiger partial charge in [-0.1, -0.05) is 0 Å². The first-order valence-corrected chi connectivity index (χ1v) is 7.54. The number of hydrogen-bond acceptors (Lipinski definition) is 5. The van der Waals surface area contributed by atoms with Crippen molar-refractivity contribution >= 4 is 25.7 Å². The molecule has 1 N–H and O–H groups in total. The van der Waals surface area contributed by atoms with Crippen LogP contribution in [0.5, 0.6) is 5.75 Å². The van der Waals surface area contributed by atoms with Gasteiger partial charge in [0.05, 0.1) is 12.2 Å². The van der Waals surface area contributed by atoms with Crippen LogP contribution in [0.1, 0.15) is 17.3 Å². The number of hydrogen-bond donors (Lipinski definition) is 1. The molecule has 0 aromatic heterocycles. The number of aromatic carboxylic acids is 1. The van der Waals surface area contributed by atoms with E-state index in [-0.39, 0.29) is 22.8 Å². The van der Waals surface area contributed by atoms with Crippen LogP contribution in [0.15, 0.2) is 23.1 Å². The molecule has 0 amide bonds. The van der Waals surface area contributed by atoms with Crippen molar-refractivity contribution in [3.05, 3.63) is 23.8 Å². The van der Waals surface area contributed by atoms with E-state index in [9.17, 15) is 13.2 Å². The minimum Gasteiger partial charge on any atom is -0.487 e. The summed E-state index contributed by atoms with van der Waals surface area (Å²) >= 11 is 0. The summed E-state index contributed by atoms with van der Waals surface area (Å²) in [6.07, 6.45) is -0.405. The molecule has 19 heavy (non-hydrogen) atoms. The Morgan fingerprint density at radius 3 is 2.58 bits per heavy atom. The molecule has 0 spiro atoms. The highest BCUT2D eigenvalue weighted by molar-refractivity contribution is 8.13. The summed E-state index contributed by atoms with van der Waals surface area (Å²) in [4.78, 5) is 10.4. The van der Waals surface area contributed by atoms with Crippen molar-refractivity contribution in [1.82, 2.24) is 0 Å². The van der Waals surface area contributed by atoms with E-state index in [0.29, 0.717) is 0 Å². The van der Waals surface area contributed by atoms with Crippen LogP contribution >= 0.6 is 10.7 Å². The Kier molecular flexibility index (Phi) is 5.16. The standard InChI is InChI=1S/C11H13ClO6S/c1-7(6-17-2)18-9-4-3-8(11(13)14)5-10(9)19(12,15)16/h3-5,7H,6H2,1-2H3,(H,13,14). The van der Waals surface area contributed by atoms with Gasteiger partial charge in [-0.05, 0) is 25.1 Å². The van der Waals surface area contributed by atoms with Gasteiger partial charge in [0.15, 0.2) is 0 Å². The zero-order valence-corrected chi connectivity index (χ0v) is 11.9. The number of ether oxygens (including phenoxy) is 2. The molecule has 0 radical (unpaired) electrons. The lowest BCUT2D eigenvalue weighted by atomic mass is 10.2. The Morgan fingerprint density at radius 2 is 2.11 bits per heavy atom. The molecule has 1 atom stereocenters. The third kappa shape index (κ3) is 4.38. The second-order valence-corrected chi connectivity index (χ2v) is 6.32. The molecule has 0 aliphatic rings. The van der Waals surface area contributed by atoms with Crippen LogP contribution < -0.4 is 4.74 Å². The molecule has 6 nitrogen and oxygen atoms in total. The van der Waals surface area contributed by atoms with Crippen molar-refractivity contribution in [3.63, 3.8) is 0 Å². The predicted octanol–water partition coefficient (Wildman–Crippen LogP) is 1.73. The van der Waals surface area contributed by atoms with Gasteiger partial charge in [0.1, 0.15) is 16.7 Å². The van der Waals surface area contributed by atoms with Crippen molar-refractivity contribution in [2.24, 2.45) is 0 Å². The lowest BCUT2D eigenvalue weighted by Gasteiger charge is -2.16. The summed E-state index contributed by atoms with van der Waals surface area (Å²) in [6, 6.07) is 3.45. The fourth-order valence-corrected chi connectivity index (χ4v) is 2.40. The molecule has 0 fully saturated rings. The average Bonchev–Trinajstić information content (AvgIpc) is 2.27. The lowest BCUT2D eigenvalue weighted by Crippen LogP contribution is -2.19. The zero-order chi connectivity index (χ0) is 14.6. The topological polar surface area (TPSA) is 89.9 Å². The lowest BCUT2D eigenvalue weighted by molar-refractivity contribution is 0.0696. The second-order valence-electron chi connectivity index (χ2n) is 3.79. The van der Waals surface area contributed by atoms with Crippen molar-refractivity contribution < 1.29 is 27.8 Å². The number of rotatable bonds is 6. The first-order chi connectivity index (χ1) is 8.75. The van der Waals surface area contributed by atoms with Gasteiger partial charge in [-0.25, -0.2) is 13.2 Å². The van der Waals surface area contributed by atoms with E-state index >= 15 is 0 Å². The molecule has 1 unspecified atom stereocenters. The number of benzene rings is 1. The Hall–Kier alpha value is -1.31. The highest BCUT2D eigenvalue weighted by atomic mass is 35.7. The van der Waals surface area contributed by atoms with Crippen LogP contribution in [0.25, 0.3) is 0 Å². The third-order valence-corrected chi connectivity index (χ3v) is 3.53. The molecule has 106 valence electrons. The number of carbonyl (C=O) groups is 1. The summed E-state index contributed by atoms with van der Waals surface area (Å²) in [6.45, 7) is 1.93. The Balaban J connectivity index is 3.21. The van der Waals surface area contributed by atoms with E-state index in [1.807, 2.05) is 0 Å². The summed E-state index contributed by atoms with van der Waals surface area (Å²) in [5.41, 5.74) is -0.189. The van der Waals surface area contributed by atoms with Crippen LogP contribution in [0.3, 0.4) is 0 Å². The molecule has 0 heterocycles. The smallest absolute Gasteiger partial charge is 0.335 e. The third-order valence-electron chi connectivity index (χ3n) is 2.18. The zero-order valence-electron chi connectivity index (χ0n) is 10.3. The molecule has 0 saturated carbocycles. The molecule has 0 aliphatic carbocycles. The maximum absolute atomic E-state index is 11.4. The van der Waals surface area contributed by atoms with Gasteiger partial charge in [-0.2, -0.15) is 0 Å². The maximum Gasteiger partial charge on any atom is 0.335 e. The molecule has 1 aromatic rings. The Labute approximate surface area is 115 Å². The van der Waals surface area contributed by atoms with Crippen LogP contribution in [0, 0.1) is 0 Å². The van der Waals surface area contributed by atoms with Crippen LogP contribution in [0.4, 0.5) is 0 Å².